The second kappa shape index (κ2) is 3.94. The van der Waals surface area contributed by atoms with E-state index in [1.807, 2.05) is 13.8 Å². The van der Waals surface area contributed by atoms with Gasteiger partial charge in [0.1, 0.15) is 5.82 Å². The quantitative estimate of drug-likeness (QED) is 0.736. The van der Waals surface area contributed by atoms with Gasteiger partial charge in [0.25, 0.3) is 0 Å². The molecule has 1 aliphatic heterocycles. The van der Waals surface area contributed by atoms with Gasteiger partial charge < -0.3 is 10.0 Å². The van der Waals surface area contributed by atoms with Gasteiger partial charge in [-0.25, -0.2) is 9.97 Å². The van der Waals surface area contributed by atoms with Crippen LogP contribution in [0, 0.1) is 13.8 Å². The predicted octanol–water partition coefficient (Wildman–Crippen LogP) is 1.32. The van der Waals surface area contributed by atoms with Gasteiger partial charge in [0.2, 0.25) is 5.28 Å². The molecule has 2 rings (SSSR count). The number of aromatic nitrogens is 2. The fraction of sp³-hybridized carbons (Fsp3) is 0.600. The van der Waals surface area contributed by atoms with Gasteiger partial charge in [-0.15, -0.1) is 0 Å². The Morgan fingerprint density at radius 1 is 1.40 bits per heavy atom. The maximum absolute atomic E-state index is 9.47. The van der Waals surface area contributed by atoms with Crippen molar-refractivity contribution in [2.45, 2.75) is 26.4 Å². The molecule has 0 radical (unpaired) electrons. The van der Waals surface area contributed by atoms with Crippen molar-refractivity contribution in [1.82, 2.24) is 9.97 Å². The SMILES string of the molecule is Cc1nc(Cl)nc(N2CCC(O)C2)c1C. The van der Waals surface area contributed by atoms with Crippen molar-refractivity contribution in [3.05, 3.63) is 16.5 Å². The maximum Gasteiger partial charge on any atom is 0.224 e. The minimum Gasteiger partial charge on any atom is -0.391 e. The van der Waals surface area contributed by atoms with E-state index >= 15 is 0 Å². The molecule has 0 spiro atoms. The highest BCUT2D eigenvalue weighted by atomic mass is 35.5. The highest BCUT2D eigenvalue weighted by Gasteiger charge is 2.23. The van der Waals surface area contributed by atoms with Crippen LogP contribution in [0.4, 0.5) is 5.82 Å². The molecule has 1 atom stereocenters. The lowest BCUT2D eigenvalue weighted by atomic mass is 10.2. The first-order chi connectivity index (χ1) is 7.08. The fourth-order valence-electron chi connectivity index (χ4n) is 1.82. The van der Waals surface area contributed by atoms with Crippen molar-refractivity contribution < 1.29 is 5.11 Å². The van der Waals surface area contributed by atoms with Gasteiger partial charge in [-0.05, 0) is 31.9 Å². The summed E-state index contributed by atoms with van der Waals surface area (Å²) >= 11 is 5.83. The summed E-state index contributed by atoms with van der Waals surface area (Å²) in [6, 6.07) is 0. The van der Waals surface area contributed by atoms with Crippen LogP contribution in [-0.4, -0.2) is 34.3 Å². The number of aliphatic hydroxyl groups is 1. The van der Waals surface area contributed by atoms with Crippen molar-refractivity contribution in [2.75, 3.05) is 18.0 Å². The van der Waals surface area contributed by atoms with E-state index in [1.54, 1.807) is 0 Å². The third kappa shape index (κ3) is 2.06. The number of β-amino-alcohol motifs (C(OH)–C–C–N with tert-alkyl or cyclic N) is 1. The molecule has 0 bridgehead atoms. The third-order valence-corrected chi connectivity index (χ3v) is 2.97. The van der Waals surface area contributed by atoms with E-state index in [0.29, 0.717) is 6.54 Å². The van der Waals surface area contributed by atoms with Crippen molar-refractivity contribution in [2.24, 2.45) is 0 Å². The van der Waals surface area contributed by atoms with Gasteiger partial charge in [0.15, 0.2) is 0 Å². The average Bonchev–Trinajstić information content (AvgIpc) is 2.58. The number of aliphatic hydroxyl groups excluding tert-OH is 1. The lowest BCUT2D eigenvalue weighted by Gasteiger charge is -2.19. The molecule has 1 fully saturated rings. The first-order valence-electron chi connectivity index (χ1n) is 5.01. The van der Waals surface area contributed by atoms with Crippen LogP contribution in [0.25, 0.3) is 0 Å². The standard InChI is InChI=1S/C10H14ClN3O/c1-6-7(2)12-10(11)13-9(6)14-4-3-8(15)5-14/h8,15H,3-5H2,1-2H3. The molecule has 0 aromatic carbocycles. The molecule has 4 nitrogen and oxygen atoms in total. The molecular weight excluding hydrogens is 214 g/mol. The molecule has 0 aliphatic carbocycles. The molecule has 82 valence electrons. The van der Waals surface area contributed by atoms with Crippen LogP contribution in [0.5, 0.6) is 0 Å². The van der Waals surface area contributed by atoms with Gasteiger partial charge in [0, 0.05) is 24.3 Å². The average molecular weight is 228 g/mol. The second-order valence-electron chi connectivity index (χ2n) is 3.92. The Morgan fingerprint density at radius 2 is 2.13 bits per heavy atom. The minimum absolute atomic E-state index is 0.251. The molecule has 1 aliphatic rings. The summed E-state index contributed by atoms with van der Waals surface area (Å²) in [4.78, 5) is 10.4. The van der Waals surface area contributed by atoms with Gasteiger partial charge in [-0.3, -0.25) is 0 Å². The summed E-state index contributed by atoms with van der Waals surface area (Å²) in [5, 5.41) is 9.75. The van der Waals surface area contributed by atoms with Gasteiger partial charge >= 0.3 is 0 Å². The summed E-state index contributed by atoms with van der Waals surface area (Å²) in [6.07, 6.45) is 0.540. The Labute approximate surface area is 93.9 Å². The number of anilines is 1. The highest BCUT2D eigenvalue weighted by molar-refractivity contribution is 6.28. The van der Waals surface area contributed by atoms with Crippen LogP contribution < -0.4 is 4.90 Å². The van der Waals surface area contributed by atoms with E-state index in [4.69, 9.17) is 11.6 Å². The van der Waals surface area contributed by atoms with Crippen molar-refractivity contribution >= 4 is 17.4 Å². The molecule has 15 heavy (non-hydrogen) atoms. The van der Waals surface area contributed by atoms with Crippen molar-refractivity contribution in [3.63, 3.8) is 0 Å². The number of hydrogen-bond donors (Lipinski definition) is 1. The van der Waals surface area contributed by atoms with Crippen LogP contribution in [0.1, 0.15) is 17.7 Å². The Bertz CT molecular complexity index is 383. The van der Waals surface area contributed by atoms with E-state index in [1.165, 1.54) is 0 Å². The zero-order valence-electron chi connectivity index (χ0n) is 8.87. The summed E-state index contributed by atoms with van der Waals surface area (Å²) < 4.78 is 0. The van der Waals surface area contributed by atoms with Crippen LogP contribution in [0.3, 0.4) is 0 Å². The summed E-state index contributed by atoms with van der Waals surface area (Å²) in [6.45, 7) is 5.35. The number of hydrogen-bond acceptors (Lipinski definition) is 4. The lowest BCUT2D eigenvalue weighted by molar-refractivity contribution is 0.198. The minimum atomic E-state index is -0.251. The van der Waals surface area contributed by atoms with Crippen molar-refractivity contribution in [3.8, 4) is 0 Å². The Balaban J connectivity index is 2.35. The zero-order valence-corrected chi connectivity index (χ0v) is 9.62. The number of nitrogens with zero attached hydrogens (tertiary/aromatic N) is 3. The third-order valence-electron chi connectivity index (χ3n) is 2.80. The number of halogens is 1. The summed E-state index contributed by atoms with van der Waals surface area (Å²) in [5.41, 5.74) is 1.93. The summed E-state index contributed by atoms with van der Waals surface area (Å²) in [5.74, 6) is 0.851. The number of aryl methyl sites for hydroxylation is 1. The molecule has 1 aromatic heterocycles. The Hall–Kier alpha value is -0.870. The molecule has 1 unspecified atom stereocenters. The van der Waals surface area contributed by atoms with Crippen LogP contribution in [0.2, 0.25) is 5.28 Å². The Morgan fingerprint density at radius 3 is 2.73 bits per heavy atom. The molecule has 1 saturated heterocycles. The summed E-state index contributed by atoms with van der Waals surface area (Å²) in [7, 11) is 0. The molecule has 5 heteroatoms. The molecule has 2 heterocycles. The zero-order chi connectivity index (χ0) is 11.0. The normalized spacial score (nSPS) is 21.1. The van der Waals surface area contributed by atoms with Gasteiger partial charge in [0.05, 0.1) is 6.10 Å². The maximum atomic E-state index is 9.47. The lowest BCUT2D eigenvalue weighted by Crippen LogP contribution is -2.23. The Kier molecular flexibility index (Phi) is 2.80. The molecular formula is C10H14ClN3O. The van der Waals surface area contributed by atoms with Gasteiger partial charge in [-0.2, -0.15) is 0 Å². The highest BCUT2D eigenvalue weighted by Crippen LogP contribution is 2.24. The molecule has 1 aromatic rings. The smallest absolute Gasteiger partial charge is 0.224 e. The molecule has 0 amide bonds. The van der Waals surface area contributed by atoms with Gasteiger partial charge in [-0.1, -0.05) is 0 Å². The van der Waals surface area contributed by atoms with E-state index in [-0.39, 0.29) is 11.4 Å². The van der Waals surface area contributed by atoms with Crippen LogP contribution in [0.15, 0.2) is 0 Å². The van der Waals surface area contributed by atoms with E-state index in [0.717, 1.165) is 30.0 Å². The van der Waals surface area contributed by atoms with E-state index < -0.39 is 0 Å². The molecule has 1 N–H and O–H groups in total. The predicted molar refractivity (Wildman–Crippen MR) is 59.4 cm³/mol. The fourth-order valence-corrected chi connectivity index (χ4v) is 2.03. The van der Waals surface area contributed by atoms with Crippen molar-refractivity contribution in [1.29, 1.82) is 0 Å². The van der Waals surface area contributed by atoms with Crippen LogP contribution in [-0.2, 0) is 0 Å². The first-order valence-corrected chi connectivity index (χ1v) is 5.39. The van der Waals surface area contributed by atoms with E-state index in [2.05, 4.69) is 14.9 Å². The number of rotatable bonds is 1. The molecule has 0 saturated carbocycles. The largest absolute Gasteiger partial charge is 0.391 e. The van der Waals surface area contributed by atoms with E-state index in [9.17, 15) is 5.11 Å². The second-order valence-corrected chi connectivity index (χ2v) is 4.25. The monoisotopic (exact) mass is 227 g/mol. The van der Waals surface area contributed by atoms with Crippen LogP contribution >= 0.6 is 11.6 Å². The first kappa shape index (κ1) is 10.6. The topological polar surface area (TPSA) is 49.2 Å².